The molecule has 154 valence electrons. The maximum Gasteiger partial charge on any atom is 0.324 e. The fourth-order valence-electron chi connectivity index (χ4n) is 2.98. The van der Waals surface area contributed by atoms with Gasteiger partial charge in [0.05, 0.1) is 0 Å². The van der Waals surface area contributed by atoms with Crippen molar-refractivity contribution in [1.29, 1.82) is 0 Å². The van der Waals surface area contributed by atoms with Gasteiger partial charge in [-0.2, -0.15) is 8.42 Å². The van der Waals surface area contributed by atoms with Crippen LogP contribution in [0.3, 0.4) is 0 Å². The van der Waals surface area contributed by atoms with Crippen LogP contribution in [0.1, 0.15) is 103 Å². The molecule has 0 radical (unpaired) electrons. The number of rotatable bonds is 18. The van der Waals surface area contributed by atoms with Crippen LogP contribution in [0.5, 0.6) is 0 Å². The van der Waals surface area contributed by atoms with Gasteiger partial charge in [0.25, 0.3) is 10.1 Å². The van der Waals surface area contributed by atoms with Crippen molar-refractivity contribution in [3.63, 3.8) is 0 Å². The molecule has 0 amide bonds. The van der Waals surface area contributed by atoms with Gasteiger partial charge in [-0.15, -0.1) is 0 Å². The predicted octanol–water partition coefficient (Wildman–Crippen LogP) is 5.76. The standard InChI is InChI=1S/C20H38O5S/c1-2-3-4-5-6-7-8-9-10-11-12-13-14-15-16-17-18-19(20(21)22)26(23,24)25/h9-10,19H,2-8,11-18H2,1H3,(H,21,22)(H,23,24,25). The van der Waals surface area contributed by atoms with Gasteiger partial charge >= 0.3 is 5.97 Å². The molecule has 5 nitrogen and oxygen atoms in total. The van der Waals surface area contributed by atoms with Crippen LogP contribution in [-0.2, 0) is 14.9 Å². The van der Waals surface area contributed by atoms with E-state index in [1.165, 1.54) is 44.9 Å². The highest BCUT2D eigenvalue weighted by Gasteiger charge is 2.29. The first-order valence-corrected chi connectivity index (χ1v) is 11.7. The minimum atomic E-state index is -4.49. The number of hydrogen-bond donors (Lipinski definition) is 2. The van der Waals surface area contributed by atoms with Crippen LogP contribution in [0, 0.1) is 0 Å². The summed E-state index contributed by atoms with van der Waals surface area (Å²) < 4.78 is 30.7. The molecular formula is C20H38O5S. The molecule has 0 saturated heterocycles. The lowest BCUT2D eigenvalue weighted by Gasteiger charge is -2.08. The Labute approximate surface area is 160 Å². The van der Waals surface area contributed by atoms with E-state index < -0.39 is 21.3 Å². The van der Waals surface area contributed by atoms with Crippen molar-refractivity contribution in [3.05, 3.63) is 12.2 Å². The third-order valence-corrected chi connectivity index (χ3v) is 5.77. The van der Waals surface area contributed by atoms with Crippen molar-refractivity contribution in [2.24, 2.45) is 0 Å². The van der Waals surface area contributed by atoms with Gasteiger partial charge in [-0.3, -0.25) is 9.35 Å². The zero-order valence-corrected chi connectivity index (χ0v) is 17.2. The summed E-state index contributed by atoms with van der Waals surface area (Å²) in [7, 11) is -4.49. The van der Waals surface area contributed by atoms with E-state index in [0.29, 0.717) is 6.42 Å². The van der Waals surface area contributed by atoms with Crippen LogP contribution in [0.4, 0.5) is 0 Å². The van der Waals surface area contributed by atoms with Crippen molar-refractivity contribution in [2.45, 2.75) is 108 Å². The lowest BCUT2D eigenvalue weighted by Crippen LogP contribution is -2.29. The molecule has 0 aliphatic carbocycles. The van der Waals surface area contributed by atoms with Gasteiger partial charge in [0.15, 0.2) is 5.25 Å². The van der Waals surface area contributed by atoms with Gasteiger partial charge in [0.2, 0.25) is 0 Å². The Hall–Kier alpha value is -0.880. The zero-order chi connectivity index (χ0) is 19.7. The summed E-state index contributed by atoms with van der Waals surface area (Å²) >= 11 is 0. The normalized spacial score (nSPS) is 13.3. The second-order valence-electron chi connectivity index (χ2n) is 7.07. The summed E-state index contributed by atoms with van der Waals surface area (Å²) in [6, 6.07) is 0. The summed E-state index contributed by atoms with van der Waals surface area (Å²) in [5.74, 6) is -1.47. The highest BCUT2D eigenvalue weighted by atomic mass is 32.2. The molecule has 0 spiro atoms. The molecule has 0 aromatic carbocycles. The average Bonchev–Trinajstić information content (AvgIpc) is 2.56. The Balaban J connectivity index is 3.43. The van der Waals surface area contributed by atoms with Crippen LogP contribution in [0.2, 0.25) is 0 Å². The van der Waals surface area contributed by atoms with Crippen molar-refractivity contribution in [3.8, 4) is 0 Å². The summed E-state index contributed by atoms with van der Waals surface area (Å²) in [5.41, 5.74) is 0. The van der Waals surface area contributed by atoms with E-state index in [2.05, 4.69) is 19.1 Å². The van der Waals surface area contributed by atoms with E-state index in [0.717, 1.165) is 38.5 Å². The van der Waals surface area contributed by atoms with E-state index in [9.17, 15) is 13.2 Å². The lowest BCUT2D eigenvalue weighted by atomic mass is 10.1. The molecule has 0 aromatic heterocycles. The van der Waals surface area contributed by atoms with Crippen molar-refractivity contribution in [2.75, 3.05) is 0 Å². The fourth-order valence-corrected chi connectivity index (χ4v) is 3.70. The Kier molecular flexibility index (Phi) is 15.8. The zero-order valence-electron chi connectivity index (χ0n) is 16.4. The Bertz CT molecular complexity index is 471. The molecule has 0 aliphatic heterocycles. The molecule has 0 aliphatic rings. The summed E-state index contributed by atoms with van der Waals surface area (Å²) in [5, 5.41) is 7.11. The molecule has 0 heterocycles. The topological polar surface area (TPSA) is 91.7 Å². The average molecular weight is 391 g/mol. The van der Waals surface area contributed by atoms with Crippen molar-refractivity contribution < 1.29 is 22.9 Å². The largest absolute Gasteiger partial charge is 0.480 e. The SMILES string of the molecule is CCCCCCCCC=CCCCCCCCCC(C(=O)O)S(=O)(=O)O. The van der Waals surface area contributed by atoms with Gasteiger partial charge in [0, 0.05) is 0 Å². The van der Waals surface area contributed by atoms with Gasteiger partial charge in [-0.05, 0) is 32.1 Å². The van der Waals surface area contributed by atoms with Crippen LogP contribution in [-0.4, -0.2) is 29.3 Å². The van der Waals surface area contributed by atoms with Gasteiger partial charge in [-0.25, -0.2) is 0 Å². The van der Waals surface area contributed by atoms with E-state index in [1.54, 1.807) is 0 Å². The fraction of sp³-hybridized carbons (Fsp3) is 0.850. The van der Waals surface area contributed by atoms with Crippen molar-refractivity contribution in [1.82, 2.24) is 0 Å². The number of aliphatic carboxylic acids is 1. The van der Waals surface area contributed by atoms with E-state index in [-0.39, 0.29) is 6.42 Å². The first-order valence-electron chi connectivity index (χ1n) is 10.2. The molecule has 6 heteroatoms. The molecule has 1 atom stereocenters. The molecule has 2 N–H and O–H groups in total. The Morgan fingerprint density at radius 1 is 0.808 bits per heavy atom. The van der Waals surface area contributed by atoms with Gasteiger partial charge in [0.1, 0.15) is 0 Å². The lowest BCUT2D eigenvalue weighted by molar-refractivity contribution is -0.136. The molecule has 0 bridgehead atoms. The van der Waals surface area contributed by atoms with Crippen LogP contribution >= 0.6 is 0 Å². The first kappa shape index (κ1) is 25.1. The molecule has 1 unspecified atom stereocenters. The third kappa shape index (κ3) is 15.4. The number of unbranched alkanes of at least 4 members (excludes halogenated alkanes) is 12. The van der Waals surface area contributed by atoms with E-state index in [4.69, 9.17) is 9.66 Å². The number of hydrogen-bond acceptors (Lipinski definition) is 3. The molecule has 26 heavy (non-hydrogen) atoms. The predicted molar refractivity (Wildman–Crippen MR) is 107 cm³/mol. The quantitative estimate of drug-likeness (QED) is 0.176. The Morgan fingerprint density at radius 3 is 1.65 bits per heavy atom. The molecule has 0 aromatic rings. The highest BCUT2D eigenvalue weighted by molar-refractivity contribution is 7.87. The van der Waals surface area contributed by atoms with Crippen LogP contribution < -0.4 is 0 Å². The Morgan fingerprint density at radius 2 is 1.23 bits per heavy atom. The number of carboxylic acid groups (broad SMARTS) is 1. The maximum atomic E-state index is 10.9. The number of carboxylic acids is 1. The summed E-state index contributed by atoms with van der Waals surface area (Å²) in [4.78, 5) is 10.8. The second-order valence-corrected chi connectivity index (χ2v) is 8.67. The first-order chi connectivity index (χ1) is 12.4. The second kappa shape index (κ2) is 16.3. The molecule has 0 saturated carbocycles. The minimum Gasteiger partial charge on any atom is -0.480 e. The van der Waals surface area contributed by atoms with Crippen LogP contribution in [0.25, 0.3) is 0 Å². The maximum absolute atomic E-state index is 10.9. The summed E-state index contributed by atoms with van der Waals surface area (Å²) in [6.07, 6.45) is 20.5. The van der Waals surface area contributed by atoms with Gasteiger partial charge < -0.3 is 5.11 Å². The van der Waals surface area contributed by atoms with E-state index >= 15 is 0 Å². The summed E-state index contributed by atoms with van der Waals surface area (Å²) in [6.45, 7) is 2.24. The number of allylic oxidation sites excluding steroid dienone is 2. The van der Waals surface area contributed by atoms with Crippen LogP contribution in [0.15, 0.2) is 12.2 Å². The number of carbonyl (C=O) groups is 1. The smallest absolute Gasteiger partial charge is 0.324 e. The van der Waals surface area contributed by atoms with E-state index in [1.807, 2.05) is 0 Å². The molecule has 0 fully saturated rings. The molecular weight excluding hydrogens is 352 g/mol. The molecule has 0 rings (SSSR count). The highest BCUT2D eigenvalue weighted by Crippen LogP contribution is 2.14. The monoisotopic (exact) mass is 390 g/mol. The minimum absolute atomic E-state index is 0.0185. The third-order valence-electron chi connectivity index (χ3n) is 4.61. The van der Waals surface area contributed by atoms with Crippen molar-refractivity contribution >= 4 is 16.1 Å². The van der Waals surface area contributed by atoms with Gasteiger partial charge in [-0.1, -0.05) is 83.3 Å².